The molecule has 0 aliphatic heterocycles. The van der Waals surface area contributed by atoms with Crippen LogP contribution in [0.2, 0.25) is 0 Å². The molecule has 0 spiro atoms. The van der Waals surface area contributed by atoms with Crippen molar-refractivity contribution in [3.8, 4) is 11.5 Å². The summed E-state index contributed by atoms with van der Waals surface area (Å²) in [4.78, 5) is 0. The average molecular weight is 326 g/mol. The van der Waals surface area contributed by atoms with Crippen molar-refractivity contribution < 1.29 is 10.2 Å². The van der Waals surface area contributed by atoms with Gasteiger partial charge in [-0.1, -0.05) is 71.4 Å². The molecule has 2 N–H and O–H groups in total. The second-order valence-electron chi connectivity index (χ2n) is 8.84. The smallest absolute Gasteiger partial charge is 0.122 e. The first-order valence-corrected chi connectivity index (χ1v) is 8.55. The van der Waals surface area contributed by atoms with Crippen LogP contribution in [0.3, 0.4) is 0 Å². The van der Waals surface area contributed by atoms with Gasteiger partial charge in [-0.15, -0.1) is 0 Å². The van der Waals surface area contributed by atoms with Crippen LogP contribution in [0, 0.1) is 6.92 Å². The van der Waals surface area contributed by atoms with Crippen molar-refractivity contribution in [3.63, 3.8) is 0 Å². The topological polar surface area (TPSA) is 40.5 Å². The third-order valence-electron chi connectivity index (χ3n) is 4.47. The summed E-state index contributed by atoms with van der Waals surface area (Å²) in [5, 5.41) is 21.0. The van der Waals surface area contributed by atoms with Crippen LogP contribution in [0.1, 0.15) is 69.4 Å². The Bertz CT molecular complexity index is 744. The molecule has 0 saturated carbocycles. The monoisotopic (exact) mass is 326 g/mol. The normalized spacial score (nSPS) is 12.5. The van der Waals surface area contributed by atoms with Crippen LogP contribution >= 0.6 is 0 Å². The van der Waals surface area contributed by atoms with Crippen LogP contribution in [0.5, 0.6) is 11.5 Å². The molecule has 2 nitrogen and oxygen atoms in total. The van der Waals surface area contributed by atoms with Gasteiger partial charge in [0.05, 0.1) is 0 Å². The van der Waals surface area contributed by atoms with E-state index in [0.717, 1.165) is 22.3 Å². The van der Waals surface area contributed by atoms with E-state index in [0.29, 0.717) is 12.2 Å². The molecule has 2 aromatic rings. The average Bonchev–Trinajstić information content (AvgIpc) is 2.42. The molecule has 0 aliphatic rings. The number of phenolic OH excluding ortho intramolecular Hbond substituents is 2. The van der Waals surface area contributed by atoms with E-state index < -0.39 is 0 Å². The molecular formula is C22H30O2. The lowest BCUT2D eigenvalue weighted by Crippen LogP contribution is -2.13. The van der Waals surface area contributed by atoms with Gasteiger partial charge >= 0.3 is 0 Å². The number of rotatable bonds is 2. The molecule has 0 radical (unpaired) electrons. The van der Waals surface area contributed by atoms with Crippen molar-refractivity contribution in [1.82, 2.24) is 0 Å². The SMILES string of the molecule is Cc1cc(Cc2cc(C(C)(C)C)ccc2O)c(O)c(C(C)(C)C)c1. The summed E-state index contributed by atoms with van der Waals surface area (Å²) in [6.07, 6.45) is 0.520. The van der Waals surface area contributed by atoms with Crippen LogP contribution in [0.4, 0.5) is 0 Å². The molecule has 0 saturated heterocycles. The van der Waals surface area contributed by atoms with Gasteiger partial charge in [0.25, 0.3) is 0 Å². The van der Waals surface area contributed by atoms with Crippen molar-refractivity contribution in [3.05, 3.63) is 58.1 Å². The molecule has 2 heteroatoms. The summed E-state index contributed by atoms with van der Waals surface area (Å²) in [6.45, 7) is 14.8. The van der Waals surface area contributed by atoms with E-state index in [1.165, 1.54) is 5.56 Å². The lowest BCUT2D eigenvalue weighted by molar-refractivity contribution is 0.440. The second-order valence-corrected chi connectivity index (χ2v) is 8.84. The Morgan fingerprint density at radius 2 is 1.42 bits per heavy atom. The maximum Gasteiger partial charge on any atom is 0.122 e. The number of aromatic hydroxyl groups is 2. The first-order valence-electron chi connectivity index (χ1n) is 8.55. The van der Waals surface area contributed by atoms with E-state index in [1.54, 1.807) is 6.07 Å². The fourth-order valence-electron chi connectivity index (χ4n) is 2.96. The van der Waals surface area contributed by atoms with E-state index in [4.69, 9.17) is 0 Å². The minimum absolute atomic E-state index is 0.0215. The van der Waals surface area contributed by atoms with Gasteiger partial charge in [-0.05, 0) is 46.1 Å². The van der Waals surface area contributed by atoms with E-state index >= 15 is 0 Å². The fourth-order valence-corrected chi connectivity index (χ4v) is 2.96. The number of hydrogen-bond donors (Lipinski definition) is 2. The zero-order valence-electron chi connectivity index (χ0n) is 16.0. The van der Waals surface area contributed by atoms with Gasteiger partial charge in [-0.3, -0.25) is 0 Å². The maximum atomic E-state index is 10.7. The standard InChI is InChI=1S/C22H30O2/c1-14-10-16(20(24)18(11-14)22(5,6)7)12-15-13-17(21(2,3)4)8-9-19(15)23/h8-11,13,23-24H,12H2,1-7H3. The first-order chi connectivity index (χ1) is 10.9. The molecule has 0 amide bonds. The quantitative estimate of drug-likeness (QED) is 0.755. The van der Waals surface area contributed by atoms with Crippen molar-refractivity contribution in [2.75, 3.05) is 0 Å². The van der Waals surface area contributed by atoms with Gasteiger partial charge in [-0.25, -0.2) is 0 Å². The van der Waals surface area contributed by atoms with Crippen LogP contribution in [-0.2, 0) is 17.3 Å². The second kappa shape index (κ2) is 6.16. The molecule has 0 unspecified atom stereocenters. The number of phenols is 2. The van der Waals surface area contributed by atoms with Gasteiger partial charge in [0.15, 0.2) is 0 Å². The Labute approximate surface area is 146 Å². The molecule has 0 heterocycles. The van der Waals surface area contributed by atoms with Crippen LogP contribution in [0.15, 0.2) is 30.3 Å². The van der Waals surface area contributed by atoms with Gasteiger partial charge in [0.1, 0.15) is 11.5 Å². The lowest BCUT2D eigenvalue weighted by atomic mass is 9.82. The van der Waals surface area contributed by atoms with Gasteiger partial charge in [0.2, 0.25) is 0 Å². The molecular weight excluding hydrogens is 296 g/mol. The highest BCUT2D eigenvalue weighted by Crippen LogP contribution is 2.37. The van der Waals surface area contributed by atoms with Crippen LogP contribution in [-0.4, -0.2) is 10.2 Å². The zero-order valence-corrected chi connectivity index (χ0v) is 16.0. The highest BCUT2D eigenvalue weighted by Gasteiger charge is 2.22. The van der Waals surface area contributed by atoms with E-state index in [2.05, 4.69) is 41.5 Å². The summed E-state index contributed by atoms with van der Waals surface area (Å²) in [6, 6.07) is 9.83. The summed E-state index contributed by atoms with van der Waals surface area (Å²) < 4.78 is 0. The summed E-state index contributed by atoms with van der Waals surface area (Å²) in [5.74, 6) is 0.620. The summed E-state index contributed by atoms with van der Waals surface area (Å²) >= 11 is 0. The van der Waals surface area contributed by atoms with Crippen molar-refractivity contribution >= 4 is 0 Å². The number of benzene rings is 2. The third-order valence-corrected chi connectivity index (χ3v) is 4.47. The predicted molar refractivity (Wildman–Crippen MR) is 101 cm³/mol. The third kappa shape index (κ3) is 3.92. The molecule has 24 heavy (non-hydrogen) atoms. The van der Waals surface area contributed by atoms with Crippen LogP contribution in [0.25, 0.3) is 0 Å². The minimum atomic E-state index is -0.125. The predicted octanol–water partition coefficient (Wildman–Crippen LogP) is 5.59. The van der Waals surface area contributed by atoms with Gasteiger partial charge in [-0.2, -0.15) is 0 Å². The zero-order chi connectivity index (χ0) is 18.3. The molecule has 2 aromatic carbocycles. The molecule has 2 rings (SSSR count). The van der Waals surface area contributed by atoms with Gasteiger partial charge in [0, 0.05) is 6.42 Å². The van der Waals surface area contributed by atoms with Crippen molar-refractivity contribution in [1.29, 1.82) is 0 Å². The summed E-state index contributed by atoms with van der Waals surface area (Å²) in [7, 11) is 0. The Morgan fingerprint density at radius 1 is 0.792 bits per heavy atom. The number of hydrogen-bond acceptors (Lipinski definition) is 2. The molecule has 0 bridgehead atoms. The first kappa shape index (κ1) is 18.4. The van der Waals surface area contributed by atoms with Crippen molar-refractivity contribution in [2.45, 2.75) is 65.7 Å². The highest BCUT2D eigenvalue weighted by atomic mass is 16.3. The van der Waals surface area contributed by atoms with E-state index in [9.17, 15) is 10.2 Å². The molecule has 0 aliphatic carbocycles. The maximum absolute atomic E-state index is 10.7. The molecule has 0 aromatic heterocycles. The number of aryl methyl sites for hydroxylation is 1. The minimum Gasteiger partial charge on any atom is -0.508 e. The van der Waals surface area contributed by atoms with Crippen LogP contribution < -0.4 is 0 Å². The Balaban J connectivity index is 2.51. The molecule has 0 fully saturated rings. The van der Waals surface area contributed by atoms with E-state index in [-0.39, 0.29) is 16.6 Å². The van der Waals surface area contributed by atoms with Crippen molar-refractivity contribution in [2.24, 2.45) is 0 Å². The Hall–Kier alpha value is -1.96. The largest absolute Gasteiger partial charge is 0.508 e. The Morgan fingerprint density at radius 3 is 1.96 bits per heavy atom. The molecule has 0 atom stereocenters. The Kier molecular flexibility index (Phi) is 4.72. The van der Waals surface area contributed by atoms with Gasteiger partial charge < -0.3 is 10.2 Å². The fraction of sp³-hybridized carbons (Fsp3) is 0.455. The molecule has 130 valence electrons. The van der Waals surface area contributed by atoms with E-state index in [1.807, 2.05) is 31.2 Å². The lowest BCUT2D eigenvalue weighted by Gasteiger charge is -2.24. The highest BCUT2D eigenvalue weighted by molar-refractivity contribution is 5.50. The summed E-state index contributed by atoms with van der Waals surface area (Å²) in [5.41, 5.74) is 4.86.